The van der Waals surface area contributed by atoms with Gasteiger partial charge in [0.2, 0.25) is 0 Å². The molecule has 21 heterocycles. The number of hydrogen-bond acceptors (Lipinski definition) is 49. The lowest BCUT2D eigenvalue weighted by molar-refractivity contribution is -0.397. The van der Waals surface area contributed by atoms with Gasteiger partial charge in [-0.2, -0.15) is 58.9 Å². The van der Waals surface area contributed by atoms with Crippen LogP contribution in [0.4, 0.5) is 0 Å². The van der Waals surface area contributed by atoms with Gasteiger partial charge in [0.25, 0.3) is 70.8 Å². The smallest absolute Gasteiger partial charge is 0.264 e. The van der Waals surface area contributed by atoms with Crippen molar-refractivity contribution in [3.05, 3.63) is 0 Å². The molecule has 0 radical (unpaired) electrons. The van der Waals surface area contributed by atoms with Gasteiger partial charge >= 0.3 is 0 Å². The van der Waals surface area contributed by atoms with E-state index < -0.39 is 372 Å². The number of ether oxygens (including phenoxy) is 21. The first-order valence-corrected chi connectivity index (χ1v) is 53.8. The summed E-state index contributed by atoms with van der Waals surface area (Å²) in [5.74, 6) is -5.29. The largest absolute Gasteiger partial charge is 0.387 e. The number of unbranched alkanes of at least 4 members (excludes halogenated alkanes) is 7. The minimum Gasteiger partial charge on any atom is -0.387 e. The average molecular weight is 2090 g/mol. The molecule has 1 unspecified atom stereocenters. The Bertz CT molecular complexity index is 3520. The van der Waals surface area contributed by atoms with Crippen LogP contribution >= 0.6 is 0 Å². The van der Waals surface area contributed by atoms with E-state index in [0.717, 1.165) is 0 Å². The monoisotopic (exact) mass is 2090 g/mol. The lowest BCUT2D eigenvalue weighted by Gasteiger charge is -2.50. The van der Waals surface area contributed by atoms with Gasteiger partial charge in [0.15, 0.2) is 44.0 Å². The molecule has 133 heavy (non-hydrogen) atoms. The molecule has 21 rings (SSSR count). The van der Waals surface area contributed by atoms with E-state index >= 15 is 0 Å². The van der Waals surface area contributed by atoms with Crippen molar-refractivity contribution in [3.63, 3.8) is 0 Å². The zero-order valence-corrected chi connectivity index (χ0v) is 77.2. The van der Waals surface area contributed by atoms with Gasteiger partial charge in [-0.15, -0.1) is 0 Å². The van der Waals surface area contributed by atoms with Crippen LogP contribution in [0.25, 0.3) is 0 Å². The van der Waals surface area contributed by atoms with Gasteiger partial charge in [0.05, 0.1) is 86.5 Å². The van der Waals surface area contributed by atoms with Crippen LogP contribution < -0.4 is 0 Å². The fraction of sp³-hybridized carbons (Fsp3) is 1.00. The SMILES string of the molecule is O=S(=O)(O)CCCCOC[C@H]1O[C@@H]2O[C@H]3[C@H](O)[C@@H](O)[C@@H](O[C@H]4[C@H](O)[C@@H](O)[C@@H](O[C@H]5[C@H](O)[C@@H](O)[C@@H](O[C@H]6[C@H](O)[C@@H](O)[C@@H](O[C@H]7[C@H](O)[C@@H](O)[C@@H](O[C@H]8[C@H](O)[C@@H](O)C(O[C@H]1[C@H](O)[C@H]2O)O[C@@H]8COCCCCS(=O)(=O)O)O[C@@H]7COCCCCS(=O)(=O)O)O[C@@H]6COCCCCS(=O)(=O)O)O[C@@H]5COCCCCS(=O)(=O)O)O[C@@H]4COCCCCS(=O)(=O)O)O[C@@H]3COCCCCS(=O)(=O)O. The van der Waals surface area contributed by atoms with Crippen molar-refractivity contribution in [3.8, 4) is 0 Å². The molecule has 35 atom stereocenters. The standard InChI is InChI=1S/C70H126O56S7/c71-43-50(78)64-113-36(29-106-15-1-8-22-127(85,86)87)57(43)120-65-51(79)44(72)59(38(114-65)31-108-17-3-10-24-129(91,92)93)122-67-53(81)46(74)61(40(116-67)33-110-19-5-12-26-131(97,98)99)124-69-55(83)48(76)63(42(118-69)35-112-21-7-14-28-133(103,104)105)126-70-56(84)49(77)62(41(119-70)34-111-20-6-13-27-132(100,101)102)125-68-54(82)47(75)60(39(117-68)32-109-18-4-11-25-130(94,95)96)123-66-52(80)45(73)58(121-64)37(115-66)30-107-16-2-9-23-128(88,89)90/h36-84H,1-35H2,(H,85,86,87)(H,88,89,90)(H,91,92,93)(H,94,95,96)(H,97,98,99)(H,100,101,102)(H,103,104,105)/t36-,37-,38-,39-,40-,41-,42-,43-,44-,45-,46-,47-,48-,49-,50-,51-,52-,53-,54-,55-,56-,57-,58-,59-,60-,61-,62-,63-,64-,65-,66-,67-,68-,69-,70?/m1/s1. The fourth-order valence-corrected chi connectivity index (χ4v) is 19.1. The molecule has 0 aromatic carbocycles. The third kappa shape index (κ3) is 38.2. The van der Waals surface area contributed by atoms with Crippen LogP contribution in [0.3, 0.4) is 0 Å². The van der Waals surface area contributed by atoms with Crippen LogP contribution in [0.1, 0.15) is 89.9 Å². The molecule has 21 aliphatic rings. The van der Waals surface area contributed by atoms with E-state index in [0.29, 0.717) is 0 Å². The third-order valence-corrected chi connectivity index (χ3v) is 27.7. The van der Waals surface area contributed by atoms with E-state index in [2.05, 4.69) is 0 Å². The maximum atomic E-state index is 12.3. The normalized spacial score (nSPS) is 37.9. The highest BCUT2D eigenvalue weighted by molar-refractivity contribution is 7.87. The van der Waals surface area contributed by atoms with Crippen molar-refractivity contribution < 1.29 is 262 Å². The molecular weight excluding hydrogens is 1960 g/mol. The minimum absolute atomic E-state index is 0.120. The second kappa shape index (κ2) is 53.5. The molecule has 0 spiro atoms. The summed E-state index contributed by atoms with van der Waals surface area (Å²) < 4.78 is 357. The third-order valence-electron chi connectivity index (χ3n) is 22.1. The molecule has 21 aliphatic heterocycles. The highest BCUT2D eigenvalue weighted by atomic mass is 32.2. The minimum atomic E-state index is -4.52. The number of rotatable bonds is 49. The molecule has 784 valence electrons. The van der Waals surface area contributed by atoms with Gasteiger partial charge in [-0.05, 0) is 89.9 Å². The first-order chi connectivity index (χ1) is 62.2. The maximum absolute atomic E-state index is 12.3. The first kappa shape index (κ1) is 116. The van der Waals surface area contributed by atoms with Crippen molar-refractivity contribution in [2.45, 2.75) is 305 Å². The van der Waals surface area contributed by atoms with Gasteiger partial charge in [-0.25, -0.2) is 0 Å². The molecular formula is C70H126O56S7. The summed E-state index contributed by atoms with van der Waals surface area (Å²) in [6.07, 6.45) is -80.1. The van der Waals surface area contributed by atoms with E-state index in [4.69, 9.17) is 99.5 Å². The van der Waals surface area contributed by atoms with E-state index in [1.807, 2.05) is 0 Å². The Balaban J connectivity index is 1.24. The van der Waals surface area contributed by atoms with Crippen molar-refractivity contribution in [2.75, 3.05) is 133 Å². The zero-order chi connectivity index (χ0) is 98.3. The van der Waals surface area contributed by atoms with Crippen LogP contribution in [-0.2, 0) is 170 Å². The van der Waals surface area contributed by atoms with E-state index in [9.17, 15) is 162 Å². The summed E-state index contributed by atoms with van der Waals surface area (Å²) in [6, 6.07) is 0. The predicted octanol–water partition coefficient (Wildman–Crippen LogP) is -10.4. The van der Waals surface area contributed by atoms with Crippen molar-refractivity contribution in [1.29, 1.82) is 0 Å². The number of hydrogen-bond donors (Lipinski definition) is 21. The van der Waals surface area contributed by atoms with Crippen molar-refractivity contribution in [2.24, 2.45) is 0 Å². The molecule has 63 heteroatoms. The Morgan fingerprint density at radius 1 is 0.158 bits per heavy atom. The molecule has 56 nitrogen and oxygen atoms in total. The summed E-state index contributed by atoms with van der Waals surface area (Å²) in [6.45, 7) is -8.33. The molecule has 21 N–H and O–H groups in total. The van der Waals surface area contributed by atoms with Crippen LogP contribution in [0.5, 0.6) is 0 Å². The topological polar surface area (TPSA) is 858 Å². The maximum Gasteiger partial charge on any atom is 0.264 e. The molecule has 21 saturated heterocycles. The van der Waals surface area contributed by atoms with E-state index in [1.165, 1.54) is 0 Å². The molecule has 0 aromatic rings. The van der Waals surface area contributed by atoms with E-state index in [-0.39, 0.29) is 136 Å². The van der Waals surface area contributed by atoms with Crippen molar-refractivity contribution >= 4 is 70.8 Å². The van der Waals surface area contributed by atoms with Crippen LogP contribution in [-0.4, -0.2) is 510 Å². The lowest BCUT2D eigenvalue weighted by atomic mass is 9.95. The Labute approximate surface area is 766 Å². The Hall–Kier alpha value is -2.03. The summed E-state index contributed by atoms with van der Waals surface area (Å²) in [5.41, 5.74) is 0. The average Bonchev–Trinajstić information content (AvgIpc) is 0.861. The van der Waals surface area contributed by atoms with Crippen LogP contribution in [0.2, 0.25) is 0 Å². The van der Waals surface area contributed by atoms with Crippen LogP contribution in [0.15, 0.2) is 0 Å². The number of aliphatic hydroxyl groups excluding tert-OH is 14. The fourth-order valence-electron chi connectivity index (χ4n) is 15.1. The van der Waals surface area contributed by atoms with Gasteiger partial charge in [0.1, 0.15) is 171 Å². The Morgan fingerprint density at radius 3 is 0.361 bits per heavy atom. The van der Waals surface area contributed by atoms with Gasteiger partial charge in [0, 0.05) is 46.2 Å². The molecule has 0 saturated carbocycles. The molecule has 14 bridgehead atoms. The highest BCUT2D eigenvalue weighted by Crippen LogP contribution is 2.40. The molecule has 0 aromatic heterocycles. The van der Waals surface area contributed by atoms with Crippen LogP contribution in [0, 0.1) is 0 Å². The summed E-state index contributed by atoms with van der Waals surface area (Å²) in [5, 5.41) is 172. The van der Waals surface area contributed by atoms with E-state index in [1.54, 1.807) is 0 Å². The molecule has 0 amide bonds. The number of aliphatic hydroxyl groups is 14. The summed E-state index contributed by atoms with van der Waals surface area (Å²) in [7, 11) is -31.6. The van der Waals surface area contributed by atoms with Gasteiger partial charge in [-0.1, -0.05) is 0 Å². The van der Waals surface area contributed by atoms with Gasteiger partial charge in [-0.3, -0.25) is 31.9 Å². The van der Waals surface area contributed by atoms with Crippen molar-refractivity contribution in [1.82, 2.24) is 0 Å². The van der Waals surface area contributed by atoms with Gasteiger partial charge < -0.3 is 171 Å². The summed E-state index contributed by atoms with van der Waals surface area (Å²) >= 11 is 0. The Kier molecular flexibility index (Phi) is 46.8. The molecule has 21 fully saturated rings. The predicted molar refractivity (Wildman–Crippen MR) is 434 cm³/mol. The quantitative estimate of drug-likeness (QED) is 0.0199. The highest BCUT2D eigenvalue weighted by Gasteiger charge is 2.60. The molecule has 0 aliphatic carbocycles. The Morgan fingerprint density at radius 2 is 0.263 bits per heavy atom. The second-order valence-electron chi connectivity index (χ2n) is 32.9. The summed E-state index contributed by atoms with van der Waals surface area (Å²) in [4.78, 5) is 0. The zero-order valence-electron chi connectivity index (χ0n) is 71.5. The first-order valence-electron chi connectivity index (χ1n) is 42.6. The second-order valence-corrected chi connectivity index (χ2v) is 43.9. The lowest BCUT2D eigenvalue weighted by Crippen LogP contribution is -2.68.